The number of hydrogen-bond acceptors (Lipinski definition) is 4. The van der Waals surface area contributed by atoms with Gasteiger partial charge in [-0.3, -0.25) is 8.61 Å². The highest BCUT2D eigenvalue weighted by Gasteiger charge is 2.30. The van der Waals surface area contributed by atoms with Crippen molar-refractivity contribution in [2.24, 2.45) is 0 Å². The van der Waals surface area contributed by atoms with Crippen molar-refractivity contribution in [1.29, 1.82) is 0 Å². The number of rotatable bonds is 5. The molecule has 0 spiro atoms. The lowest BCUT2D eigenvalue weighted by molar-refractivity contribution is 0.393. The lowest BCUT2D eigenvalue weighted by Gasteiger charge is -2.19. The topological polar surface area (TPSA) is 19.0 Å². The van der Waals surface area contributed by atoms with Crippen LogP contribution in [0.25, 0.3) is 0 Å². The third kappa shape index (κ3) is 2.66. The zero-order valence-corrected chi connectivity index (χ0v) is 12.9. The van der Waals surface area contributed by atoms with E-state index in [2.05, 4.69) is 10.4 Å². The fraction of sp³-hybridized carbons (Fsp3) is 0.294. The van der Waals surface area contributed by atoms with Gasteiger partial charge in [0, 0.05) is 6.54 Å². The monoisotopic (exact) mass is 316 g/mol. The van der Waals surface area contributed by atoms with E-state index in [-0.39, 0.29) is 5.82 Å². The van der Waals surface area contributed by atoms with Gasteiger partial charge in [-0.1, -0.05) is 24.3 Å². The summed E-state index contributed by atoms with van der Waals surface area (Å²) in [6.45, 7) is 1.84. The van der Waals surface area contributed by atoms with Gasteiger partial charge in [0.1, 0.15) is 5.82 Å². The summed E-state index contributed by atoms with van der Waals surface area (Å²) in [4.78, 5) is 0. The van der Waals surface area contributed by atoms with Gasteiger partial charge in [-0.25, -0.2) is 4.39 Å². The number of hydrogen-bond donors (Lipinski definition) is 0. The van der Waals surface area contributed by atoms with Crippen LogP contribution in [-0.4, -0.2) is 19.3 Å². The number of benzene rings is 2. The van der Waals surface area contributed by atoms with Gasteiger partial charge >= 0.3 is 0 Å². The molecule has 2 heterocycles. The molecule has 0 aliphatic carbocycles. The number of para-hydroxylation sites is 3. The number of fused-ring (bicyclic) bond motifs is 1. The summed E-state index contributed by atoms with van der Waals surface area (Å²) in [6, 6.07) is 15.1. The first-order chi connectivity index (χ1) is 10.8. The molecule has 1 saturated heterocycles. The lowest BCUT2D eigenvalue weighted by atomic mass is 10.2. The van der Waals surface area contributed by atoms with E-state index in [9.17, 15) is 4.39 Å². The highest BCUT2D eigenvalue weighted by Crippen LogP contribution is 2.49. The summed E-state index contributed by atoms with van der Waals surface area (Å²) in [6.07, 6.45) is 2.64. The molecule has 2 aromatic rings. The molecule has 1 fully saturated rings. The number of epoxide rings is 1. The smallest absolute Gasteiger partial charge is 0.147 e. The second kappa shape index (κ2) is 5.82. The van der Waals surface area contributed by atoms with Crippen LogP contribution in [0.3, 0.4) is 0 Å². The van der Waals surface area contributed by atoms with Crippen LogP contribution in [-0.2, 0) is 4.74 Å². The van der Waals surface area contributed by atoms with E-state index in [1.165, 1.54) is 6.07 Å². The second-order valence-corrected chi connectivity index (χ2v) is 6.49. The van der Waals surface area contributed by atoms with Gasteiger partial charge in [0.05, 0.1) is 41.9 Å². The van der Waals surface area contributed by atoms with Gasteiger partial charge in [0.25, 0.3) is 0 Å². The third-order valence-electron chi connectivity index (χ3n) is 3.91. The molecule has 1 unspecified atom stereocenters. The molecule has 5 heteroatoms. The first-order valence-corrected chi connectivity index (χ1v) is 8.27. The van der Waals surface area contributed by atoms with Gasteiger partial charge < -0.3 is 4.74 Å². The zero-order chi connectivity index (χ0) is 14.9. The summed E-state index contributed by atoms with van der Waals surface area (Å²) >= 11 is 1.56. The fourth-order valence-corrected chi connectivity index (χ4v) is 3.81. The minimum absolute atomic E-state index is 0.196. The Morgan fingerprint density at radius 1 is 1.05 bits per heavy atom. The predicted octanol–water partition coefficient (Wildman–Crippen LogP) is 4.53. The summed E-state index contributed by atoms with van der Waals surface area (Å²) in [5.41, 5.74) is 2.79. The molecule has 4 rings (SSSR count). The van der Waals surface area contributed by atoms with Crippen LogP contribution in [0.15, 0.2) is 48.5 Å². The fourth-order valence-electron chi connectivity index (χ4n) is 2.68. The molecule has 2 aromatic carbocycles. The van der Waals surface area contributed by atoms with Gasteiger partial charge in [0.2, 0.25) is 0 Å². The van der Waals surface area contributed by atoms with Crippen molar-refractivity contribution in [3.8, 4) is 0 Å². The van der Waals surface area contributed by atoms with Gasteiger partial charge in [-0.05, 0) is 37.1 Å². The van der Waals surface area contributed by atoms with Crippen LogP contribution >= 0.6 is 12.1 Å². The summed E-state index contributed by atoms with van der Waals surface area (Å²) < 4.78 is 23.6. The van der Waals surface area contributed by atoms with Gasteiger partial charge in [0.15, 0.2) is 0 Å². The normalized spacial score (nSPS) is 19.4. The molecule has 1 atom stereocenters. The Morgan fingerprint density at radius 3 is 2.45 bits per heavy atom. The minimum atomic E-state index is -0.196. The van der Waals surface area contributed by atoms with Crippen molar-refractivity contribution in [3.63, 3.8) is 0 Å². The van der Waals surface area contributed by atoms with Gasteiger partial charge in [-0.2, -0.15) is 0 Å². The quantitative estimate of drug-likeness (QED) is 0.596. The molecule has 0 bridgehead atoms. The number of ether oxygens (including phenoxy) is 1. The molecule has 2 aliphatic rings. The van der Waals surface area contributed by atoms with Crippen LogP contribution in [0.4, 0.5) is 21.5 Å². The van der Waals surface area contributed by atoms with E-state index in [1.54, 1.807) is 18.2 Å². The van der Waals surface area contributed by atoms with E-state index < -0.39 is 0 Å². The molecule has 2 aliphatic heterocycles. The highest BCUT2D eigenvalue weighted by atomic mass is 32.2. The van der Waals surface area contributed by atoms with Crippen molar-refractivity contribution in [1.82, 2.24) is 0 Å². The van der Waals surface area contributed by atoms with Crippen molar-refractivity contribution in [2.75, 3.05) is 21.8 Å². The average molecular weight is 316 g/mol. The van der Waals surface area contributed by atoms with Crippen molar-refractivity contribution >= 4 is 29.2 Å². The summed E-state index contributed by atoms with van der Waals surface area (Å²) in [7, 11) is 0. The van der Waals surface area contributed by atoms with Crippen LogP contribution in [0.5, 0.6) is 0 Å². The van der Waals surface area contributed by atoms with E-state index in [0.29, 0.717) is 11.8 Å². The Hall–Kier alpha value is -1.72. The predicted molar refractivity (Wildman–Crippen MR) is 88.9 cm³/mol. The SMILES string of the molecule is Fc1ccccc1N1SN(CCCC2CO2)c2ccccc21. The number of nitrogens with zero attached hydrogens (tertiary/aromatic N) is 2. The van der Waals surface area contributed by atoms with Crippen molar-refractivity contribution < 1.29 is 9.13 Å². The Balaban J connectivity index is 1.57. The molecule has 0 amide bonds. The highest BCUT2D eigenvalue weighted by molar-refractivity contribution is 8.02. The maximum Gasteiger partial charge on any atom is 0.147 e. The molecular weight excluding hydrogens is 299 g/mol. The number of anilines is 3. The first-order valence-electron chi connectivity index (χ1n) is 7.54. The standard InChI is InChI=1S/C17H17FN2OS/c18-14-7-1-2-8-15(14)20-17-10-4-3-9-16(17)19(22-20)11-5-6-13-12-21-13/h1-4,7-10,13H,5-6,11-12H2. The maximum atomic E-state index is 14.1. The summed E-state index contributed by atoms with van der Waals surface area (Å²) in [5.74, 6) is -0.196. The van der Waals surface area contributed by atoms with Crippen LogP contribution in [0.1, 0.15) is 12.8 Å². The molecule has 0 saturated carbocycles. The Bertz CT molecular complexity index is 677. The molecule has 22 heavy (non-hydrogen) atoms. The molecule has 114 valence electrons. The molecule has 0 radical (unpaired) electrons. The van der Waals surface area contributed by atoms with E-state index in [1.807, 2.05) is 34.6 Å². The lowest BCUT2D eigenvalue weighted by Crippen LogP contribution is -2.15. The first kappa shape index (κ1) is 13.9. The van der Waals surface area contributed by atoms with Crippen LogP contribution in [0, 0.1) is 5.82 Å². The Morgan fingerprint density at radius 2 is 1.73 bits per heavy atom. The van der Waals surface area contributed by atoms with E-state index in [4.69, 9.17) is 4.74 Å². The molecular formula is C17H17FN2OS. The number of halogens is 1. The molecule has 0 N–H and O–H groups in total. The Kier molecular flexibility index (Phi) is 3.68. The Labute approximate surface area is 133 Å². The van der Waals surface area contributed by atoms with Crippen molar-refractivity contribution in [3.05, 3.63) is 54.3 Å². The largest absolute Gasteiger partial charge is 0.373 e. The minimum Gasteiger partial charge on any atom is -0.373 e. The van der Waals surface area contributed by atoms with E-state index in [0.717, 1.165) is 37.4 Å². The molecule has 0 aromatic heterocycles. The zero-order valence-electron chi connectivity index (χ0n) is 12.1. The van der Waals surface area contributed by atoms with Gasteiger partial charge in [-0.15, -0.1) is 0 Å². The van der Waals surface area contributed by atoms with Crippen LogP contribution in [0.2, 0.25) is 0 Å². The third-order valence-corrected chi connectivity index (χ3v) is 5.04. The molecule has 3 nitrogen and oxygen atoms in total. The summed E-state index contributed by atoms with van der Waals surface area (Å²) in [5, 5.41) is 0. The average Bonchev–Trinajstić information content (AvgIpc) is 3.29. The maximum absolute atomic E-state index is 14.1. The second-order valence-electron chi connectivity index (χ2n) is 5.52. The van der Waals surface area contributed by atoms with Crippen molar-refractivity contribution in [2.45, 2.75) is 18.9 Å². The van der Waals surface area contributed by atoms with Crippen LogP contribution < -0.4 is 8.61 Å². The van der Waals surface area contributed by atoms with E-state index >= 15 is 0 Å².